The van der Waals surface area contributed by atoms with Gasteiger partial charge in [-0.1, -0.05) is 36.4 Å². The molecule has 0 atom stereocenters. The fourth-order valence-corrected chi connectivity index (χ4v) is 8.97. The Bertz CT molecular complexity index is 487. The zero-order valence-corrected chi connectivity index (χ0v) is 13.2. The number of hydrogen-bond donors (Lipinski definition) is 0. The van der Waals surface area contributed by atoms with Gasteiger partial charge in [0.25, 0.3) is 0 Å². The Hall–Kier alpha value is -1.13. The highest BCUT2D eigenvalue weighted by atomic mass is 31.2. The van der Waals surface area contributed by atoms with Crippen LogP contribution in [0.3, 0.4) is 0 Å². The quantitative estimate of drug-likeness (QED) is 0.718. The molecule has 3 rings (SSSR count). The first-order chi connectivity index (χ1) is 9.88. The third-order valence-electron chi connectivity index (χ3n) is 4.88. The third-order valence-corrected chi connectivity index (χ3v) is 10.1. The van der Waals surface area contributed by atoms with Crippen molar-refractivity contribution in [3.63, 3.8) is 0 Å². The predicted octanol–water partition coefficient (Wildman–Crippen LogP) is 4.62. The lowest BCUT2D eigenvalue weighted by Crippen LogP contribution is -2.31. The Morgan fingerprint density at radius 3 is 1.65 bits per heavy atom. The van der Waals surface area contributed by atoms with Crippen LogP contribution in [0.2, 0.25) is 0 Å². The normalized spacial score (nSPS) is 16.4. The number of benzene rings is 2. The Balaban J connectivity index is 2.15. The minimum atomic E-state index is -1.23. The zero-order valence-electron chi connectivity index (χ0n) is 12.3. The van der Waals surface area contributed by atoms with Crippen molar-refractivity contribution in [1.29, 1.82) is 0 Å². The van der Waals surface area contributed by atoms with Gasteiger partial charge in [0.1, 0.15) is 0 Å². The molecule has 0 radical (unpaired) electrons. The molecular formula is C19H24P+. The molecular weight excluding hydrogens is 259 g/mol. The first-order valence-corrected chi connectivity index (χ1v) is 9.91. The molecule has 1 aliphatic carbocycles. The minimum Gasteiger partial charge on any atom is -0.0620 e. The van der Waals surface area contributed by atoms with Gasteiger partial charge >= 0.3 is 0 Å². The summed E-state index contributed by atoms with van der Waals surface area (Å²) in [6, 6.07) is 22.7. The summed E-state index contributed by atoms with van der Waals surface area (Å²) in [7, 11) is -1.23. The summed E-state index contributed by atoms with van der Waals surface area (Å²) >= 11 is 0. The van der Waals surface area contributed by atoms with Gasteiger partial charge in [-0.05, 0) is 56.9 Å². The van der Waals surface area contributed by atoms with E-state index in [9.17, 15) is 0 Å². The van der Waals surface area contributed by atoms with Crippen LogP contribution in [0.15, 0.2) is 60.7 Å². The summed E-state index contributed by atoms with van der Waals surface area (Å²) in [4.78, 5) is 0. The topological polar surface area (TPSA) is 0 Å². The van der Waals surface area contributed by atoms with Crippen molar-refractivity contribution in [2.75, 3.05) is 6.16 Å². The van der Waals surface area contributed by atoms with Gasteiger partial charge < -0.3 is 0 Å². The molecule has 0 bridgehead atoms. The predicted molar refractivity (Wildman–Crippen MR) is 91.9 cm³/mol. The SMILES string of the molecule is CC[P+](c1ccccc1)(c1ccccc1)C1CCCC1. The molecule has 0 heterocycles. The van der Waals surface area contributed by atoms with Crippen LogP contribution in [0.25, 0.3) is 0 Å². The number of rotatable bonds is 4. The van der Waals surface area contributed by atoms with Gasteiger partial charge in [0.15, 0.2) is 0 Å². The largest absolute Gasteiger partial charge is 0.0994 e. The van der Waals surface area contributed by atoms with E-state index in [1.807, 2.05) is 0 Å². The van der Waals surface area contributed by atoms with Gasteiger partial charge in [0, 0.05) is 0 Å². The van der Waals surface area contributed by atoms with E-state index >= 15 is 0 Å². The lowest BCUT2D eigenvalue weighted by atomic mass is 10.3. The molecule has 104 valence electrons. The maximum Gasteiger partial charge on any atom is 0.0994 e. The summed E-state index contributed by atoms with van der Waals surface area (Å²) < 4.78 is 0. The van der Waals surface area contributed by atoms with Crippen LogP contribution in [0.4, 0.5) is 0 Å². The van der Waals surface area contributed by atoms with Crippen LogP contribution in [0.1, 0.15) is 32.6 Å². The van der Waals surface area contributed by atoms with Crippen molar-refractivity contribution in [2.24, 2.45) is 0 Å². The molecule has 0 N–H and O–H groups in total. The molecule has 0 amide bonds. The van der Waals surface area contributed by atoms with E-state index in [1.54, 1.807) is 10.6 Å². The molecule has 0 spiro atoms. The third kappa shape index (κ3) is 2.31. The highest BCUT2D eigenvalue weighted by Crippen LogP contribution is 2.64. The Kier molecular flexibility index (Phi) is 4.22. The first-order valence-electron chi connectivity index (χ1n) is 7.87. The Labute approximate surface area is 123 Å². The average molecular weight is 283 g/mol. The van der Waals surface area contributed by atoms with Crippen molar-refractivity contribution in [2.45, 2.75) is 38.3 Å². The van der Waals surface area contributed by atoms with Crippen LogP contribution in [0.5, 0.6) is 0 Å². The van der Waals surface area contributed by atoms with Crippen molar-refractivity contribution in [1.82, 2.24) is 0 Å². The monoisotopic (exact) mass is 283 g/mol. The highest BCUT2D eigenvalue weighted by molar-refractivity contribution is 7.90. The summed E-state index contributed by atoms with van der Waals surface area (Å²) in [6.07, 6.45) is 6.99. The number of hydrogen-bond acceptors (Lipinski definition) is 0. The fourth-order valence-electron chi connectivity index (χ4n) is 3.93. The molecule has 1 aliphatic rings. The van der Waals surface area contributed by atoms with Gasteiger partial charge in [-0.25, -0.2) is 0 Å². The zero-order chi connectivity index (χ0) is 13.8. The van der Waals surface area contributed by atoms with Crippen molar-refractivity contribution < 1.29 is 0 Å². The fraction of sp³-hybridized carbons (Fsp3) is 0.368. The molecule has 0 aromatic heterocycles. The second kappa shape index (κ2) is 6.10. The van der Waals surface area contributed by atoms with Gasteiger partial charge in [0.05, 0.1) is 29.7 Å². The molecule has 0 unspecified atom stereocenters. The van der Waals surface area contributed by atoms with E-state index in [-0.39, 0.29) is 0 Å². The molecule has 2 aromatic carbocycles. The minimum absolute atomic E-state index is 0.900. The summed E-state index contributed by atoms with van der Waals surface area (Å²) in [5, 5.41) is 3.22. The molecule has 0 saturated heterocycles. The van der Waals surface area contributed by atoms with Gasteiger partial charge in [-0.15, -0.1) is 0 Å². The summed E-state index contributed by atoms with van der Waals surface area (Å²) in [5.41, 5.74) is 0.900. The van der Waals surface area contributed by atoms with Gasteiger partial charge in [0.2, 0.25) is 0 Å². The van der Waals surface area contributed by atoms with E-state index in [1.165, 1.54) is 31.8 Å². The standard InChI is InChI=1S/C19H24P/c1-2-20(19-15-9-10-16-19,17-11-5-3-6-12-17)18-13-7-4-8-14-18/h3-8,11-14,19H,2,9-10,15-16H2,1H3/q+1. The molecule has 0 nitrogen and oxygen atoms in total. The van der Waals surface area contributed by atoms with Crippen LogP contribution >= 0.6 is 7.26 Å². The van der Waals surface area contributed by atoms with E-state index < -0.39 is 7.26 Å². The molecule has 1 saturated carbocycles. The lowest BCUT2D eigenvalue weighted by Gasteiger charge is -2.32. The maximum absolute atomic E-state index is 2.41. The van der Waals surface area contributed by atoms with Crippen LogP contribution in [0, 0.1) is 0 Å². The summed E-state index contributed by atoms with van der Waals surface area (Å²) in [5.74, 6) is 0. The lowest BCUT2D eigenvalue weighted by molar-refractivity contribution is 0.886. The maximum atomic E-state index is 2.41. The first kappa shape index (κ1) is 13.8. The molecule has 0 aliphatic heterocycles. The van der Waals surface area contributed by atoms with E-state index in [4.69, 9.17) is 0 Å². The smallest absolute Gasteiger partial charge is 0.0620 e. The van der Waals surface area contributed by atoms with Crippen LogP contribution in [-0.2, 0) is 0 Å². The van der Waals surface area contributed by atoms with E-state index in [2.05, 4.69) is 67.6 Å². The highest BCUT2D eigenvalue weighted by Gasteiger charge is 2.49. The Morgan fingerprint density at radius 2 is 1.25 bits per heavy atom. The van der Waals surface area contributed by atoms with Crippen molar-refractivity contribution in [3.05, 3.63) is 60.7 Å². The second-order valence-electron chi connectivity index (χ2n) is 5.79. The van der Waals surface area contributed by atoms with Crippen LogP contribution in [-0.4, -0.2) is 11.8 Å². The van der Waals surface area contributed by atoms with E-state index in [0.29, 0.717) is 0 Å². The van der Waals surface area contributed by atoms with Gasteiger partial charge in [-0.3, -0.25) is 0 Å². The molecule has 2 aromatic rings. The van der Waals surface area contributed by atoms with Crippen LogP contribution < -0.4 is 10.6 Å². The van der Waals surface area contributed by atoms with E-state index in [0.717, 1.165) is 5.66 Å². The molecule has 1 heteroatoms. The Morgan fingerprint density at radius 1 is 0.800 bits per heavy atom. The molecule has 20 heavy (non-hydrogen) atoms. The van der Waals surface area contributed by atoms with Crippen molar-refractivity contribution >= 4 is 17.9 Å². The average Bonchev–Trinajstić information content (AvgIpc) is 3.06. The molecule has 1 fully saturated rings. The second-order valence-corrected chi connectivity index (χ2v) is 9.93. The summed E-state index contributed by atoms with van der Waals surface area (Å²) in [6.45, 7) is 2.41. The van der Waals surface area contributed by atoms with Crippen molar-refractivity contribution in [3.8, 4) is 0 Å². The van der Waals surface area contributed by atoms with Gasteiger partial charge in [-0.2, -0.15) is 0 Å².